The Morgan fingerprint density at radius 1 is 1.44 bits per heavy atom. The first-order chi connectivity index (χ1) is 8.50. The second-order valence-corrected chi connectivity index (χ2v) is 5.67. The molecule has 0 saturated carbocycles. The molecule has 4 heteroatoms. The molecule has 1 aromatic heterocycles. The van der Waals surface area contributed by atoms with Gasteiger partial charge in [0.05, 0.1) is 10.5 Å². The summed E-state index contributed by atoms with van der Waals surface area (Å²) in [5, 5.41) is 1.07. The Kier molecular flexibility index (Phi) is 2.65. The second-order valence-electron chi connectivity index (χ2n) is 5.29. The van der Waals surface area contributed by atoms with Crippen molar-refractivity contribution in [2.45, 2.75) is 25.4 Å². The summed E-state index contributed by atoms with van der Waals surface area (Å²) in [4.78, 5) is 2.20. The summed E-state index contributed by atoms with van der Waals surface area (Å²) >= 11 is 6.04. The number of rotatable bonds is 1. The van der Waals surface area contributed by atoms with Gasteiger partial charge in [-0.1, -0.05) is 11.6 Å². The lowest BCUT2D eigenvalue weighted by Crippen LogP contribution is -2.39. The topological polar surface area (TPSA) is 8.17 Å². The fraction of sp³-hybridized carbons (Fsp3) is 0.429. The number of aromatic nitrogens is 1. The molecule has 0 saturated heterocycles. The molecule has 1 aliphatic heterocycles. The van der Waals surface area contributed by atoms with E-state index < -0.39 is 0 Å². The summed E-state index contributed by atoms with van der Waals surface area (Å²) in [6, 6.07) is 4.25. The SMILES string of the molecule is C[C@@H]1[C@@H](N(C)C)Cc2cc(F)c(Cl)c3ccn1c23. The summed E-state index contributed by atoms with van der Waals surface area (Å²) in [7, 11) is 4.14. The lowest BCUT2D eigenvalue weighted by atomic mass is 9.94. The number of nitrogens with zero attached hydrogens (tertiary/aromatic N) is 2. The van der Waals surface area contributed by atoms with Gasteiger partial charge in [-0.2, -0.15) is 0 Å². The van der Waals surface area contributed by atoms with Crippen molar-refractivity contribution in [3.05, 3.63) is 34.7 Å². The number of likely N-dealkylation sites (N-methyl/N-ethyl adjacent to an activating group) is 1. The molecule has 0 radical (unpaired) electrons. The fourth-order valence-corrected chi connectivity index (χ4v) is 3.27. The predicted octanol–water partition coefficient (Wildman–Crippen LogP) is 3.48. The van der Waals surface area contributed by atoms with Gasteiger partial charge in [-0.05, 0) is 45.1 Å². The summed E-state index contributed by atoms with van der Waals surface area (Å²) in [5.74, 6) is -0.316. The normalized spacial score (nSPS) is 23.0. The molecule has 0 spiro atoms. The van der Waals surface area contributed by atoms with Crippen LogP contribution < -0.4 is 0 Å². The Bertz CT molecular complexity index is 618. The van der Waals surface area contributed by atoms with E-state index in [0.29, 0.717) is 12.1 Å². The van der Waals surface area contributed by atoms with Gasteiger partial charge in [0.15, 0.2) is 0 Å². The molecule has 0 bridgehead atoms. The predicted molar refractivity (Wildman–Crippen MR) is 72.8 cm³/mol. The summed E-state index contributed by atoms with van der Waals surface area (Å²) in [6.07, 6.45) is 2.88. The van der Waals surface area contributed by atoms with Crippen LogP contribution in [0.2, 0.25) is 5.02 Å². The molecule has 0 fully saturated rings. The average molecular weight is 267 g/mol. The van der Waals surface area contributed by atoms with Gasteiger partial charge in [0.25, 0.3) is 0 Å². The first-order valence-corrected chi connectivity index (χ1v) is 6.52. The third kappa shape index (κ3) is 1.50. The molecule has 0 aliphatic carbocycles. The van der Waals surface area contributed by atoms with Gasteiger partial charge in [-0.3, -0.25) is 0 Å². The van der Waals surface area contributed by atoms with Gasteiger partial charge in [0.1, 0.15) is 5.82 Å². The van der Waals surface area contributed by atoms with E-state index in [0.717, 1.165) is 22.9 Å². The molecule has 18 heavy (non-hydrogen) atoms. The van der Waals surface area contributed by atoms with Gasteiger partial charge >= 0.3 is 0 Å². The van der Waals surface area contributed by atoms with Crippen LogP contribution >= 0.6 is 11.6 Å². The minimum atomic E-state index is -0.316. The summed E-state index contributed by atoms with van der Waals surface area (Å²) < 4.78 is 16.0. The van der Waals surface area contributed by atoms with E-state index in [1.54, 1.807) is 6.07 Å². The molecule has 2 nitrogen and oxygen atoms in total. The van der Waals surface area contributed by atoms with Crippen LogP contribution in [0.3, 0.4) is 0 Å². The van der Waals surface area contributed by atoms with Crippen molar-refractivity contribution in [1.82, 2.24) is 9.47 Å². The average Bonchev–Trinajstić information content (AvgIpc) is 2.75. The lowest BCUT2D eigenvalue weighted by molar-refractivity contribution is 0.216. The number of benzene rings is 1. The number of hydrogen-bond donors (Lipinski definition) is 0. The largest absolute Gasteiger partial charge is 0.343 e. The third-order valence-electron chi connectivity index (χ3n) is 4.05. The van der Waals surface area contributed by atoms with Crippen LogP contribution in [0, 0.1) is 5.82 Å². The second kappa shape index (κ2) is 3.97. The van der Waals surface area contributed by atoms with Crippen molar-refractivity contribution in [2.24, 2.45) is 0 Å². The van der Waals surface area contributed by atoms with Crippen molar-refractivity contribution < 1.29 is 4.39 Å². The van der Waals surface area contributed by atoms with Gasteiger partial charge in [-0.15, -0.1) is 0 Å². The number of halogens is 2. The highest BCUT2D eigenvalue weighted by Crippen LogP contribution is 2.37. The number of hydrogen-bond acceptors (Lipinski definition) is 1. The van der Waals surface area contributed by atoms with E-state index in [-0.39, 0.29) is 10.8 Å². The molecule has 0 unspecified atom stereocenters. The van der Waals surface area contributed by atoms with E-state index in [1.165, 1.54) is 0 Å². The Labute approximate surface area is 111 Å². The highest BCUT2D eigenvalue weighted by Gasteiger charge is 2.29. The fourth-order valence-electron chi connectivity index (χ4n) is 3.07. The minimum absolute atomic E-state index is 0.239. The standard InChI is InChI=1S/C14H16ClFN2/c1-8-12(17(2)3)7-9-6-11(16)13(15)10-4-5-18(8)14(9)10/h4-6,8,12H,7H2,1-3H3/t8-,12+/m1/s1. The van der Waals surface area contributed by atoms with Crippen LogP contribution in [0.25, 0.3) is 10.9 Å². The molecule has 3 rings (SSSR count). The van der Waals surface area contributed by atoms with Crippen LogP contribution in [0.5, 0.6) is 0 Å². The van der Waals surface area contributed by atoms with E-state index in [2.05, 4.69) is 30.5 Å². The van der Waals surface area contributed by atoms with E-state index in [9.17, 15) is 4.39 Å². The van der Waals surface area contributed by atoms with Crippen LogP contribution in [0.1, 0.15) is 18.5 Å². The first-order valence-electron chi connectivity index (χ1n) is 6.14. The molecule has 1 aromatic carbocycles. The Morgan fingerprint density at radius 2 is 2.17 bits per heavy atom. The quantitative estimate of drug-likeness (QED) is 0.767. The smallest absolute Gasteiger partial charge is 0.142 e. The third-order valence-corrected chi connectivity index (χ3v) is 4.44. The summed E-state index contributed by atoms with van der Waals surface area (Å²) in [6.45, 7) is 2.20. The maximum atomic E-state index is 13.8. The van der Waals surface area contributed by atoms with Crippen LogP contribution in [-0.2, 0) is 6.42 Å². The molecule has 1 aliphatic rings. The van der Waals surface area contributed by atoms with Gasteiger partial charge < -0.3 is 9.47 Å². The van der Waals surface area contributed by atoms with E-state index in [1.807, 2.05) is 12.3 Å². The van der Waals surface area contributed by atoms with Crippen molar-refractivity contribution in [3.63, 3.8) is 0 Å². The Morgan fingerprint density at radius 3 is 2.83 bits per heavy atom. The maximum absolute atomic E-state index is 13.8. The van der Waals surface area contributed by atoms with E-state index in [4.69, 9.17) is 11.6 Å². The lowest BCUT2D eigenvalue weighted by Gasteiger charge is -2.36. The molecule has 2 heterocycles. The zero-order valence-electron chi connectivity index (χ0n) is 10.7. The van der Waals surface area contributed by atoms with Crippen molar-refractivity contribution in [2.75, 3.05) is 14.1 Å². The van der Waals surface area contributed by atoms with Crippen molar-refractivity contribution in [3.8, 4) is 0 Å². The highest BCUT2D eigenvalue weighted by molar-refractivity contribution is 6.35. The monoisotopic (exact) mass is 266 g/mol. The molecule has 0 N–H and O–H groups in total. The zero-order valence-corrected chi connectivity index (χ0v) is 11.5. The maximum Gasteiger partial charge on any atom is 0.142 e. The molecule has 96 valence electrons. The highest BCUT2D eigenvalue weighted by atomic mass is 35.5. The van der Waals surface area contributed by atoms with Crippen LogP contribution in [0.4, 0.5) is 4.39 Å². The molecule has 0 amide bonds. The molecule has 2 aromatic rings. The zero-order chi connectivity index (χ0) is 13.0. The summed E-state index contributed by atoms with van der Waals surface area (Å²) in [5.41, 5.74) is 2.14. The molecular weight excluding hydrogens is 251 g/mol. The van der Waals surface area contributed by atoms with Crippen molar-refractivity contribution in [1.29, 1.82) is 0 Å². The minimum Gasteiger partial charge on any atom is -0.343 e. The Hall–Kier alpha value is -1.06. The van der Waals surface area contributed by atoms with E-state index >= 15 is 0 Å². The van der Waals surface area contributed by atoms with Gasteiger partial charge in [0, 0.05) is 23.7 Å². The van der Waals surface area contributed by atoms with Gasteiger partial charge in [0.2, 0.25) is 0 Å². The van der Waals surface area contributed by atoms with Crippen molar-refractivity contribution >= 4 is 22.5 Å². The van der Waals surface area contributed by atoms with Crippen LogP contribution in [-0.4, -0.2) is 29.6 Å². The first kappa shape index (κ1) is 12.0. The van der Waals surface area contributed by atoms with Crippen LogP contribution in [0.15, 0.2) is 18.3 Å². The molecular formula is C14H16ClFN2. The Balaban J connectivity index is 2.28. The van der Waals surface area contributed by atoms with Gasteiger partial charge in [-0.25, -0.2) is 4.39 Å². The molecule has 2 atom stereocenters.